The molecule has 4 fully saturated rings. The van der Waals surface area contributed by atoms with Crippen molar-refractivity contribution in [2.24, 2.45) is 35.0 Å². The summed E-state index contributed by atoms with van der Waals surface area (Å²) >= 11 is 0. The van der Waals surface area contributed by atoms with Crippen LogP contribution in [0.2, 0.25) is 0 Å². The molecule has 2 nitrogen and oxygen atoms in total. The van der Waals surface area contributed by atoms with Gasteiger partial charge in [-0.05, 0) is 67.2 Å². The Bertz CT molecular complexity index is 373. The maximum Gasteiger partial charge on any atom is 0.00957 e. The summed E-state index contributed by atoms with van der Waals surface area (Å²) in [6.07, 6.45) is 8.68. The van der Waals surface area contributed by atoms with Gasteiger partial charge in [0.2, 0.25) is 0 Å². The van der Waals surface area contributed by atoms with Gasteiger partial charge in [0.05, 0.1) is 0 Å². The van der Waals surface area contributed by atoms with Crippen molar-refractivity contribution >= 4 is 27.0 Å². The third-order valence-electron chi connectivity index (χ3n) is 7.82. The van der Waals surface area contributed by atoms with Gasteiger partial charge in [0.25, 0.3) is 0 Å². The highest BCUT2D eigenvalue weighted by molar-refractivity contribution is 7.59. The first-order chi connectivity index (χ1) is 10.5. The molecule has 0 heterocycles. The molecular weight excluding hydrogens is 344 g/mol. The standard InChI is InChI=1S/C20H38N2.CH4.2H2S/c1-14-6-5-7-19(15(14)2)22-11-10-21-13-16-8-9-17-12-18(16)20(17,3)4;;;/h14-19,21-22H,5-13H2,1-4H3;1H4;2*1H2/t14?,15?,16-,17?,18-,19?;;;/m0.../s1. The smallest absolute Gasteiger partial charge is 0.00957 e. The van der Waals surface area contributed by atoms with Crippen LogP contribution in [0.3, 0.4) is 0 Å². The van der Waals surface area contributed by atoms with E-state index in [2.05, 4.69) is 38.3 Å². The maximum atomic E-state index is 3.81. The Morgan fingerprint density at radius 2 is 1.68 bits per heavy atom. The summed E-state index contributed by atoms with van der Waals surface area (Å²) in [7, 11) is 0. The zero-order valence-corrected chi connectivity index (χ0v) is 18.3. The Kier molecular flexibility index (Phi) is 11.1. The van der Waals surface area contributed by atoms with Crippen molar-refractivity contribution < 1.29 is 0 Å². The molecule has 2 bridgehead atoms. The summed E-state index contributed by atoms with van der Waals surface area (Å²) in [5.74, 6) is 4.71. The molecule has 25 heavy (non-hydrogen) atoms. The predicted octanol–water partition coefficient (Wildman–Crippen LogP) is 4.92. The van der Waals surface area contributed by atoms with Crippen molar-refractivity contribution in [2.75, 3.05) is 19.6 Å². The van der Waals surface area contributed by atoms with Gasteiger partial charge >= 0.3 is 0 Å². The molecule has 4 heteroatoms. The van der Waals surface area contributed by atoms with Crippen molar-refractivity contribution in [3.8, 4) is 0 Å². The topological polar surface area (TPSA) is 24.1 Å². The van der Waals surface area contributed by atoms with Crippen molar-refractivity contribution in [3.05, 3.63) is 0 Å². The molecule has 4 aliphatic rings. The second-order valence-corrected chi connectivity index (χ2v) is 9.23. The number of rotatable bonds is 6. The zero-order chi connectivity index (χ0) is 15.7. The van der Waals surface area contributed by atoms with Crippen molar-refractivity contribution in [1.82, 2.24) is 10.6 Å². The van der Waals surface area contributed by atoms with E-state index in [0.29, 0.717) is 5.41 Å². The fraction of sp³-hybridized carbons (Fsp3) is 1.00. The molecule has 0 saturated heterocycles. The molecule has 4 rings (SSSR count). The van der Waals surface area contributed by atoms with Gasteiger partial charge in [-0.15, -0.1) is 0 Å². The van der Waals surface area contributed by atoms with Crippen LogP contribution in [-0.2, 0) is 0 Å². The normalized spacial score (nSPS) is 38.4. The molecule has 4 unspecified atom stereocenters. The van der Waals surface area contributed by atoms with Gasteiger partial charge < -0.3 is 10.6 Å². The lowest BCUT2D eigenvalue weighted by Crippen LogP contribution is -2.54. The molecule has 0 spiro atoms. The average Bonchev–Trinajstić information content (AvgIpc) is 2.51. The molecule has 0 amide bonds. The minimum atomic E-state index is 0. The molecule has 0 aliphatic heterocycles. The lowest BCUT2D eigenvalue weighted by molar-refractivity contribution is -0.103. The van der Waals surface area contributed by atoms with Gasteiger partial charge in [-0.2, -0.15) is 27.0 Å². The Morgan fingerprint density at radius 3 is 2.32 bits per heavy atom. The van der Waals surface area contributed by atoms with E-state index < -0.39 is 0 Å². The van der Waals surface area contributed by atoms with E-state index in [9.17, 15) is 0 Å². The molecule has 0 aromatic heterocycles. The van der Waals surface area contributed by atoms with Gasteiger partial charge in [0.1, 0.15) is 0 Å². The van der Waals surface area contributed by atoms with Crippen molar-refractivity contribution in [3.63, 3.8) is 0 Å². The average molecular weight is 391 g/mol. The summed E-state index contributed by atoms with van der Waals surface area (Å²) in [6, 6.07) is 0.756. The van der Waals surface area contributed by atoms with Crippen molar-refractivity contribution in [1.29, 1.82) is 0 Å². The second-order valence-electron chi connectivity index (χ2n) is 9.23. The number of fused-ring (bicyclic) bond motifs is 2. The van der Waals surface area contributed by atoms with Gasteiger partial charge in [-0.3, -0.25) is 0 Å². The predicted molar refractivity (Wildman–Crippen MR) is 122 cm³/mol. The van der Waals surface area contributed by atoms with E-state index in [-0.39, 0.29) is 34.4 Å². The summed E-state index contributed by atoms with van der Waals surface area (Å²) in [4.78, 5) is 0. The molecular formula is C21H46N2S2. The lowest BCUT2D eigenvalue weighted by Gasteiger charge is -2.60. The highest BCUT2D eigenvalue weighted by Crippen LogP contribution is 2.61. The lowest BCUT2D eigenvalue weighted by atomic mass is 9.45. The van der Waals surface area contributed by atoms with Crippen LogP contribution < -0.4 is 10.6 Å². The van der Waals surface area contributed by atoms with Crippen LogP contribution in [0.4, 0.5) is 0 Å². The first-order valence-electron chi connectivity index (χ1n) is 9.94. The van der Waals surface area contributed by atoms with E-state index in [1.165, 1.54) is 45.1 Å². The summed E-state index contributed by atoms with van der Waals surface area (Å²) in [5, 5.41) is 7.57. The van der Waals surface area contributed by atoms with Gasteiger partial charge in [0.15, 0.2) is 0 Å². The quantitative estimate of drug-likeness (QED) is 0.629. The molecule has 2 N–H and O–H groups in total. The van der Waals surface area contributed by atoms with E-state index in [1.54, 1.807) is 0 Å². The summed E-state index contributed by atoms with van der Waals surface area (Å²) < 4.78 is 0. The first kappa shape index (κ1) is 25.6. The van der Waals surface area contributed by atoms with Crippen LogP contribution in [0.25, 0.3) is 0 Å². The highest BCUT2D eigenvalue weighted by Gasteiger charge is 2.53. The first-order valence-corrected chi connectivity index (χ1v) is 9.94. The monoisotopic (exact) mass is 390 g/mol. The molecule has 0 aromatic carbocycles. The number of hydrogen-bond donors (Lipinski definition) is 2. The third kappa shape index (κ3) is 5.56. The van der Waals surface area contributed by atoms with E-state index in [0.717, 1.165) is 48.7 Å². The fourth-order valence-corrected chi connectivity index (χ4v) is 5.71. The largest absolute Gasteiger partial charge is 0.315 e. The van der Waals surface area contributed by atoms with Crippen LogP contribution in [0.1, 0.15) is 73.6 Å². The van der Waals surface area contributed by atoms with E-state index in [1.807, 2.05) is 0 Å². The van der Waals surface area contributed by atoms with Crippen LogP contribution in [0.15, 0.2) is 0 Å². The molecule has 4 saturated carbocycles. The van der Waals surface area contributed by atoms with Crippen LogP contribution >= 0.6 is 27.0 Å². The SMILES string of the molecule is C.CC1CCCC(NCCNC[C@@H]2CCC3C[C@@H]2C3(C)C)C1C.S.S. The minimum Gasteiger partial charge on any atom is -0.315 e. The Labute approximate surface area is 172 Å². The number of nitrogens with one attached hydrogen (secondary N) is 2. The van der Waals surface area contributed by atoms with Gasteiger partial charge in [0, 0.05) is 19.1 Å². The van der Waals surface area contributed by atoms with Crippen LogP contribution in [0.5, 0.6) is 0 Å². The molecule has 0 aromatic rings. The van der Waals surface area contributed by atoms with Crippen molar-refractivity contribution in [2.45, 2.75) is 79.7 Å². The van der Waals surface area contributed by atoms with Gasteiger partial charge in [-0.25, -0.2) is 0 Å². The van der Waals surface area contributed by atoms with Gasteiger partial charge in [-0.1, -0.05) is 48.0 Å². The van der Waals surface area contributed by atoms with E-state index in [4.69, 9.17) is 0 Å². The summed E-state index contributed by atoms with van der Waals surface area (Å²) in [6.45, 7) is 13.4. The maximum absolute atomic E-state index is 3.81. The van der Waals surface area contributed by atoms with E-state index >= 15 is 0 Å². The zero-order valence-electron chi connectivity index (χ0n) is 16.3. The fourth-order valence-electron chi connectivity index (χ4n) is 5.71. The van der Waals surface area contributed by atoms with Crippen LogP contribution in [0, 0.1) is 35.0 Å². The molecule has 4 aliphatic carbocycles. The Morgan fingerprint density at radius 1 is 0.960 bits per heavy atom. The highest BCUT2D eigenvalue weighted by atomic mass is 32.1. The third-order valence-corrected chi connectivity index (χ3v) is 7.82. The molecule has 0 radical (unpaired) electrons. The molecule has 6 atom stereocenters. The Balaban J connectivity index is 0.00000192. The summed E-state index contributed by atoms with van der Waals surface area (Å²) in [5.41, 5.74) is 0.635. The van der Waals surface area contributed by atoms with Crippen LogP contribution in [-0.4, -0.2) is 25.7 Å². The number of hydrogen-bond acceptors (Lipinski definition) is 2. The Hall–Kier alpha value is 0.620. The minimum absolute atomic E-state index is 0. The molecule has 152 valence electrons. The second kappa shape index (κ2) is 10.8.